The summed E-state index contributed by atoms with van der Waals surface area (Å²) in [5.74, 6) is 1.76. The number of unbranched alkanes of at least 4 members (excludes halogenated alkanes) is 1. The molecule has 92 valence electrons. The lowest BCUT2D eigenvalue weighted by molar-refractivity contribution is 0.117. The van der Waals surface area contributed by atoms with E-state index in [-0.39, 0.29) is 0 Å². The van der Waals surface area contributed by atoms with Gasteiger partial charge in [-0.15, -0.1) is 0 Å². The Balaban J connectivity index is 4.28. The van der Waals surface area contributed by atoms with Crippen LogP contribution in [-0.2, 0) is 0 Å². The van der Waals surface area contributed by atoms with Crippen LogP contribution in [0.2, 0.25) is 0 Å². The van der Waals surface area contributed by atoms with Gasteiger partial charge in [0.15, 0.2) is 0 Å². The van der Waals surface area contributed by atoms with E-state index in [4.69, 9.17) is 0 Å². The number of rotatable bonds is 8. The fourth-order valence-electron chi connectivity index (χ4n) is 2.76. The highest BCUT2D eigenvalue weighted by Gasteiger charge is 2.31. The first-order valence-electron chi connectivity index (χ1n) is 7.01. The van der Waals surface area contributed by atoms with E-state index in [0.29, 0.717) is 5.41 Å². The van der Waals surface area contributed by atoms with Gasteiger partial charge < -0.3 is 0 Å². The quantitative estimate of drug-likeness (QED) is 0.486. The first-order chi connectivity index (χ1) is 7.01. The van der Waals surface area contributed by atoms with Gasteiger partial charge in [0.25, 0.3) is 0 Å². The summed E-state index contributed by atoms with van der Waals surface area (Å²) in [5.41, 5.74) is 0.571. The fraction of sp³-hybridized carbons (Fsp3) is 1.00. The molecule has 0 heteroatoms. The molecule has 0 fully saturated rings. The van der Waals surface area contributed by atoms with Crippen molar-refractivity contribution in [3.8, 4) is 0 Å². The average Bonchev–Trinajstić information content (AvgIpc) is 2.24. The first-order valence-corrected chi connectivity index (χ1v) is 7.01. The van der Waals surface area contributed by atoms with Gasteiger partial charge in [-0.3, -0.25) is 0 Å². The van der Waals surface area contributed by atoms with Crippen LogP contribution in [0.4, 0.5) is 0 Å². The van der Waals surface area contributed by atoms with Crippen molar-refractivity contribution in [2.45, 2.75) is 80.1 Å². The van der Waals surface area contributed by atoms with E-state index in [1.165, 1.54) is 38.5 Å². The molecule has 0 aliphatic heterocycles. The minimum atomic E-state index is 0.571. The van der Waals surface area contributed by atoms with E-state index in [9.17, 15) is 0 Å². The Kier molecular flexibility index (Phi) is 7.30. The summed E-state index contributed by atoms with van der Waals surface area (Å²) in [6.07, 6.45) is 8.21. The van der Waals surface area contributed by atoms with Gasteiger partial charge in [-0.25, -0.2) is 0 Å². The summed E-state index contributed by atoms with van der Waals surface area (Å²) >= 11 is 0. The van der Waals surface area contributed by atoms with Crippen LogP contribution >= 0.6 is 0 Å². The molecule has 0 saturated carbocycles. The molecule has 0 aromatic heterocycles. The monoisotopic (exact) mass is 212 g/mol. The summed E-state index contributed by atoms with van der Waals surface area (Å²) in [6, 6.07) is 0. The van der Waals surface area contributed by atoms with E-state index in [1.54, 1.807) is 0 Å². The molecule has 0 spiro atoms. The van der Waals surface area contributed by atoms with Gasteiger partial charge in [0, 0.05) is 0 Å². The Morgan fingerprint density at radius 1 is 1.00 bits per heavy atom. The highest BCUT2D eigenvalue weighted by atomic mass is 14.4. The predicted molar refractivity (Wildman–Crippen MR) is 71.2 cm³/mol. The molecule has 0 nitrogen and oxygen atoms in total. The van der Waals surface area contributed by atoms with E-state index in [0.717, 1.165) is 11.8 Å². The molecule has 0 aliphatic rings. The minimum Gasteiger partial charge on any atom is -0.0654 e. The lowest BCUT2D eigenvalue weighted by atomic mass is 9.67. The van der Waals surface area contributed by atoms with Crippen LogP contribution in [0.25, 0.3) is 0 Å². The first kappa shape index (κ1) is 15.0. The van der Waals surface area contributed by atoms with Gasteiger partial charge in [0.1, 0.15) is 0 Å². The van der Waals surface area contributed by atoms with E-state index in [2.05, 4.69) is 41.5 Å². The maximum Gasteiger partial charge on any atom is -0.0300 e. The van der Waals surface area contributed by atoms with Crippen LogP contribution < -0.4 is 0 Å². The summed E-state index contributed by atoms with van der Waals surface area (Å²) in [6.45, 7) is 14.4. The second kappa shape index (κ2) is 7.30. The van der Waals surface area contributed by atoms with E-state index >= 15 is 0 Å². The molecule has 0 rings (SSSR count). The molecular weight excluding hydrogens is 180 g/mol. The Morgan fingerprint density at radius 2 is 1.60 bits per heavy atom. The molecule has 0 heterocycles. The van der Waals surface area contributed by atoms with Crippen LogP contribution in [0.1, 0.15) is 80.1 Å². The molecule has 3 atom stereocenters. The van der Waals surface area contributed by atoms with Gasteiger partial charge in [-0.05, 0) is 23.7 Å². The maximum absolute atomic E-state index is 2.49. The van der Waals surface area contributed by atoms with Crippen molar-refractivity contribution in [1.82, 2.24) is 0 Å². The molecular formula is C15H32. The maximum atomic E-state index is 2.49. The van der Waals surface area contributed by atoms with Crippen molar-refractivity contribution in [2.24, 2.45) is 17.3 Å². The topological polar surface area (TPSA) is 0 Å². The largest absolute Gasteiger partial charge is 0.0654 e. The van der Waals surface area contributed by atoms with Gasteiger partial charge >= 0.3 is 0 Å². The molecule has 0 amide bonds. The van der Waals surface area contributed by atoms with Crippen molar-refractivity contribution in [1.29, 1.82) is 0 Å². The third-order valence-electron chi connectivity index (χ3n) is 4.59. The molecule has 15 heavy (non-hydrogen) atoms. The molecule has 0 aromatic rings. The fourth-order valence-corrected chi connectivity index (χ4v) is 2.76. The second-order valence-electron chi connectivity index (χ2n) is 5.67. The Labute approximate surface area is 97.8 Å². The molecule has 0 saturated heterocycles. The summed E-state index contributed by atoms with van der Waals surface area (Å²) < 4.78 is 0. The van der Waals surface area contributed by atoms with Gasteiger partial charge in [0.05, 0.1) is 0 Å². The van der Waals surface area contributed by atoms with Gasteiger partial charge in [-0.2, -0.15) is 0 Å². The van der Waals surface area contributed by atoms with Crippen LogP contribution in [0, 0.1) is 17.3 Å². The van der Waals surface area contributed by atoms with E-state index in [1.807, 2.05) is 0 Å². The smallest absolute Gasteiger partial charge is 0.0300 e. The van der Waals surface area contributed by atoms with Crippen molar-refractivity contribution in [3.05, 3.63) is 0 Å². The lowest BCUT2D eigenvalue weighted by Gasteiger charge is -2.38. The normalized spacial score (nSPS) is 19.6. The molecule has 0 aliphatic carbocycles. The van der Waals surface area contributed by atoms with Crippen molar-refractivity contribution < 1.29 is 0 Å². The molecule has 3 unspecified atom stereocenters. The highest BCUT2D eigenvalue weighted by Crippen LogP contribution is 2.41. The lowest BCUT2D eigenvalue weighted by Crippen LogP contribution is -2.29. The molecule has 0 N–H and O–H groups in total. The summed E-state index contributed by atoms with van der Waals surface area (Å²) in [7, 11) is 0. The second-order valence-corrected chi connectivity index (χ2v) is 5.67. The SMILES string of the molecule is CCCCC(C)C(C)C(C)(CC)CCC. The van der Waals surface area contributed by atoms with Gasteiger partial charge in [0.2, 0.25) is 0 Å². The summed E-state index contributed by atoms with van der Waals surface area (Å²) in [5, 5.41) is 0. The highest BCUT2D eigenvalue weighted by molar-refractivity contribution is 4.81. The zero-order valence-corrected chi connectivity index (χ0v) is 11.9. The van der Waals surface area contributed by atoms with Crippen LogP contribution in [0.5, 0.6) is 0 Å². The van der Waals surface area contributed by atoms with Crippen LogP contribution in [0.15, 0.2) is 0 Å². The van der Waals surface area contributed by atoms with Gasteiger partial charge in [-0.1, -0.05) is 73.6 Å². The van der Waals surface area contributed by atoms with Crippen LogP contribution in [0.3, 0.4) is 0 Å². The van der Waals surface area contributed by atoms with Crippen molar-refractivity contribution in [3.63, 3.8) is 0 Å². The van der Waals surface area contributed by atoms with Crippen LogP contribution in [-0.4, -0.2) is 0 Å². The van der Waals surface area contributed by atoms with E-state index < -0.39 is 0 Å². The zero-order chi connectivity index (χ0) is 11.9. The number of hydrogen-bond donors (Lipinski definition) is 0. The molecule has 0 bridgehead atoms. The third-order valence-corrected chi connectivity index (χ3v) is 4.59. The minimum absolute atomic E-state index is 0.571. The zero-order valence-electron chi connectivity index (χ0n) is 11.9. The Hall–Kier alpha value is 0. The molecule has 0 aromatic carbocycles. The molecule has 0 radical (unpaired) electrons. The summed E-state index contributed by atoms with van der Waals surface area (Å²) in [4.78, 5) is 0. The van der Waals surface area contributed by atoms with Crippen molar-refractivity contribution >= 4 is 0 Å². The predicted octanol–water partition coefficient (Wildman–Crippen LogP) is 5.67. The standard InChI is InChI=1S/C15H32/c1-7-10-11-13(4)14(5)15(6,9-3)12-8-2/h13-14H,7-12H2,1-6H3. The van der Waals surface area contributed by atoms with Crippen molar-refractivity contribution in [2.75, 3.05) is 0 Å². The Bertz CT molecular complexity index is 150. The average molecular weight is 212 g/mol. The number of hydrogen-bond acceptors (Lipinski definition) is 0. The Morgan fingerprint density at radius 3 is 2.00 bits per heavy atom. The third kappa shape index (κ3) is 4.57.